The van der Waals surface area contributed by atoms with E-state index >= 15 is 0 Å². The van der Waals surface area contributed by atoms with Gasteiger partial charge in [-0.2, -0.15) is 0 Å². The van der Waals surface area contributed by atoms with Gasteiger partial charge in [0.2, 0.25) is 0 Å². The minimum atomic E-state index is -0.226. The van der Waals surface area contributed by atoms with Gasteiger partial charge in [0, 0.05) is 11.7 Å². The van der Waals surface area contributed by atoms with Gasteiger partial charge in [-0.25, -0.2) is 4.39 Å². The van der Waals surface area contributed by atoms with Crippen molar-refractivity contribution in [3.63, 3.8) is 0 Å². The fraction of sp³-hybridized carbons (Fsp3) is 0.200. The van der Waals surface area contributed by atoms with Gasteiger partial charge in [0.05, 0.1) is 4.47 Å². The first-order chi connectivity index (χ1) is 8.72. The number of anilines is 1. The average molecular weight is 306 g/mol. The van der Waals surface area contributed by atoms with Crippen molar-refractivity contribution in [3.8, 4) is 0 Å². The van der Waals surface area contributed by atoms with Crippen LogP contribution in [0.25, 0.3) is 0 Å². The zero-order valence-corrected chi connectivity index (χ0v) is 11.4. The maximum atomic E-state index is 13.4. The molecular weight excluding hydrogens is 293 g/mol. The third kappa shape index (κ3) is 2.27. The second-order valence-corrected chi connectivity index (χ2v) is 5.50. The third-order valence-corrected chi connectivity index (χ3v) is 3.98. The Morgan fingerprint density at radius 3 is 2.33 bits per heavy atom. The van der Waals surface area contributed by atoms with Gasteiger partial charge < -0.3 is 5.32 Å². The first-order valence-corrected chi connectivity index (χ1v) is 6.80. The first-order valence-electron chi connectivity index (χ1n) is 6.01. The molecular formula is C15H13BrFN. The van der Waals surface area contributed by atoms with Crippen molar-refractivity contribution in [1.29, 1.82) is 0 Å². The molecule has 2 aromatic carbocycles. The van der Waals surface area contributed by atoms with Crippen LogP contribution in [0, 0.1) is 5.82 Å². The minimum Gasteiger partial charge on any atom is -0.382 e. The van der Waals surface area contributed by atoms with Crippen LogP contribution in [0.3, 0.4) is 0 Å². The van der Waals surface area contributed by atoms with E-state index in [1.54, 1.807) is 6.07 Å². The van der Waals surface area contributed by atoms with Gasteiger partial charge in [0.25, 0.3) is 0 Å². The van der Waals surface area contributed by atoms with Crippen LogP contribution < -0.4 is 5.32 Å². The molecule has 0 heterocycles. The molecule has 0 bridgehead atoms. The van der Waals surface area contributed by atoms with Crippen LogP contribution in [-0.2, 0) is 12.8 Å². The third-order valence-electron chi connectivity index (χ3n) is 3.34. The Morgan fingerprint density at radius 1 is 1.06 bits per heavy atom. The molecule has 0 aliphatic heterocycles. The zero-order chi connectivity index (χ0) is 12.5. The van der Waals surface area contributed by atoms with Gasteiger partial charge in [-0.15, -0.1) is 0 Å². The minimum absolute atomic E-state index is 0.226. The lowest BCUT2D eigenvalue weighted by atomic mass is 10.1. The van der Waals surface area contributed by atoms with Crippen LogP contribution in [0.5, 0.6) is 0 Å². The fourth-order valence-electron chi connectivity index (χ4n) is 2.48. The van der Waals surface area contributed by atoms with E-state index in [1.807, 2.05) is 6.07 Å². The number of nitrogens with one attached hydrogen (secondary N) is 1. The van der Waals surface area contributed by atoms with Crippen LogP contribution in [0.15, 0.2) is 46.9 Å². The van der Waals surface area contributed by atoms with Crippen molar-refractivity contribution in [3.05, 3.63) is 63.9 Å². The molecule has 0 fully saturated rings. The van der Waals surface area contributed by atoms with Crippen molar-refractivity contribution in [2.75, 3.05) is 5.32 Å². The summed E-state index contributed by atoms with van der Waals surface area (Å²) in [6.45, 7) is 0. The molecule has 0 saturated heterocycles. The van der Waals surface area contributed by atoms with Crippen LogP contribution in [0.4, 0.5) is 10.1 Å². The Labute approximate surface area is 114 Å². The second kappa shape index (κ2) is 4.73. The van der Waals surface area contributed by atoms with Crippen molar-refractivity contribution < 1.29 is 4.39 Å². The van der Waals surface area contributed by atoms with E-state index in [9.17, 15) is 4.39 Å². The summed E-state index contributed by atoms with van der Waals surface area (Å²) in [4.78, 5) is 0. The second-order valence-electron chi connectivity index (χ2n) is 4.65. The summed E-state index contributed by atoms with van der Waals surface area (Å²) < 4.78 is 13.9. The van der Waals surface area contributed by atoms with E-state index in [2.05, 4.69) is 45.5 Å². The summed E-state index contributed by atoms with van der Waals surface area (Å²) in [5, 5.41) is 3.40. The largest absolute Gasteiger partial charge is 0.382 e. The van der Waals surface area contributed by atoms with Crippen molar-refractivity contribution >= 4 is 21.6 Å². The molecule has 0 aromatic heterocycles. The molecule has 0 amide bonds. The Kier molecular flexibility index (Phi) is 3.08. The molecule has 18 heavy (non-hydrogen) atoms. The van der Waals surface area contributed by atoms with Gasteiger partial charge in [0.1, 0.15) is 5.82 Å². The number of benzene rings is 2. The Bertz CT molecular complexity index is 557. The maximum absolute atomic E-state index is 13.4. The van der Waals surface area contributed by atoms with Crippen LogP contribution in [0.2, 0.25) is 0 Å². The van der Waals surface area contributed by atoms with Gasteiger partial charge >= 0.3 is 0 Å². The smallest absolute Gasteiger partial charge is 0.139 e. The van der Waals surface area contributed by atoms with Gasteiger partial charge in [0.15, 0.2) is 0 Å². The molecule has 2 aromatic rings. The Balaban J connectivity index is 1.74. The average Bonchev–Trinajstić information content (AvgIpc) is 2.76. The summed E-state index contributed by atoms with van der Waals surface area (Å²) in [6.07, 6.45) is 2.02. The number of hydrogen-bond donors (Lipinski definition) is 1. The standard InChI is InChI=1S/C15H13BrFN/c16-14-6-5-12(9-15(14)17)18-13-7-10-3-1-2-4-11(10)8-13/h1-6,9,13,18H,7-8H2. The summed E-state index contributed by atoms with van der Waals surface area (Å²) >= 11 is 3.16. The molecule has 0 atom stereocenters. The molecule has 1 aliphatic carbocycles. The van der Waals surface area contributed by atoms with Crippen molar-refractivity contribution in [1.82, 2.24) is 0 Å². The normalized spacial score (nSPS) is 14.6. The highest BCUT2D eigenvalue weighted by molar-refractivity contribution is 9.10. The van der Waals surface area contributed by atoms with Crippen molar-refractivity contribution in [2.24, 2.45) is 0 Å². The number of fused-ring (bicyclic) bond motifs is 1. The molecule has 3 heteroatoms. The number of rotatable bonds is 2. The van der Waals surface area contributed by atoms with E-state index in [0.717, 1.165) is 18.5 Å². The van der Waals surface area contributed by atoms with E-state index < -0.39 is 0 Å². The molecule has 0 radical (unpaired) electrons. The first kappa shape index (κ1) is 11.7. The topological polar surface area (TPSA) is 12.0 Å². The highest BCUT2D eigenvalue weighted by Crippen LogP contribution is 2.26. The number of halogens is 2. The summed E-state index contributed by atoms with van der Waals surface area (Å²) in [6, 6.07) is 14.0. The van der Waals surface area contributed by atoms with Crippen LogP contribution in [0.1, 0.15) is 11.1 Å². The predicted molar refractivity (Wildman–Crippen MR) is 75.4 cm³/mol. The van der Waals surface area contributed by atoms with Crippen LogP contribution in [-0.4, -0.2) is 6.04 Å². The van der Waals surface area contributed by atoms with E-state index in [-0.39, 0.29) is 5.82 Å². The summed E-state index contributed by atoms with van der Waals surface area (Å²) in [7, 11) is 0. The lowest BCUT2D eigenvalue weighted by Crippen LogP contribution is -2.19. The summed E-state index contributed by atoms with van der Waals surface area (Å²) in [5.41, 5.74) is 3.63. The molecule has 1 nitrogen and oxygen atoms in total. The zero-order valence-electron chi connectivity index (χ0n) is 9.79. The van der Waals surface area contributed by atoms with E-state index in [4.69, 9.17) is 0 Å². The molecule has 0 unspecified atom stereocenters. The molecule has 3 rings (SSSR count). The highest BCUT2D eigenvalue weighted by Gasteiger charge is 2.20. The molecule has 0 saturated carbocycles. The maximum Gasteiger partial charge on any atom is 0.139 e. The quantitative estimate of drug-likeness (QED) is 0.878. The summed E-state index contributed by atoms with van der Waals surface area (Å²) in [5.74, 6) is -0.226. The van der Waals surface area contributed by atoms with Gasteiger partial charge in [-0.1, -0.05) is 24.3 Å². The van der Waals surface area contributed by atoms with E-state index in [0.29, 0.717) is 10.5 Å². The highest BCUT2D eigenvalue weighted by atomic mass is 79.9. The lowest BCUT2D eigenvalue weighted by molar-refractivity contribution is 0.621. The van der Waals surface area contributed by atoms with Gasteiger partial charge in [-0.3, -0.25) is 0 Å². The monoisotopic (exact) mass is 305 g/mol. The molecule has 0 spiro atoms. The number of hydrogen-bond acceptors (Lipinski definition) is 1. The fourth-order valence-corrected chi connectivity index (χ4v) is 2.73. The lowest BCUT2D eigenvalue weighted by Gasteiger charge is -2.13. The predicted octanol–water partition coefficient (Wildman–Crippen LogP) is 4.17. The Hall–Kier alpha value is -1.35. The SMILES string of the molecule is Fc1cc(NC2Cc3ccccc3C2)ccc1Br. The van der Waals surface area contributed by atoms with E-state index in [1.165, 1.54) is 17.2 Å². The Morgan fingerprint density at radius 2 is 1.72 bits per heavy atom. The molecule has 92 valence electrons. The van der Waals surface area contributed by atoms with Crippen molar-refractivity contribution in [2.45, 2.75) is 18.9 Å². The van der Waals surface area contributed by atoms with Gasteiger partial charge in [-0.05, 0) is 58.1 Å². The molecule has 1 aliphatic rings. The molecule has 1 N–H and O–H groups in total. The van der Waals surface area contributed by atoms with Crippen LogP contribution >= 0.6 is 15.9 Å².